The smallest absolute Gasteiger partial charge is 0.130 e. The minimum atomic E-state index is 0.548. The first-order valence-electron chi connectivity index (χ1n) is 4.86. The SMILES string of the molecule is Cc1cccc(-c2cc(C)cc(Cl)n2)c1. The number of hydrogen-bond donors (Lipinski definition) is 0. The highest BCUT2D eigenvalue weighted by atomic mass is 35.5. The van der Waals surface area contributed by atoms with Crippen molar-refractivity contribution >= 4 is 11.6 Å². The van der Waals surface area contributed by atoms with Crippen molar-refractivity contribution in [1.82, 2.24) is 4.98 Å². The molecule has 0 saturated heterocycles. The van der Waals surface area contributed by atoms with Crippen molar-refractivity contribution in [1.29, 1.82) is 0 Å². The molecule has 0 aliphatic rings. The Balaban J connectivity index is 2.54. The van der Waals surface area contributed by atoms with E-state index in [9.17, 15) is 0 Å². The molecule has 0 aliphatic heterocycles. The average Bonchev–Trinajstić information content (AvgIpc) is 2.16. The summed E-state index contributed by atoms with van der Waals surface area (Å²) < 4.78 is 0. The molecule has 2 rings (SSSR count). The lowest BCUT2D eigenvalue weighted by molar-refractivity contribution is 1.28. The number of halogens is 1. The van der Waals surface area contributed by atoms with Gasteiger partial charge in [-0.25, -0.2) is 4.98 Å². The van der Waals surface area contributed by atoms with Gasteiger partial charge in [0.05, 0.1) is 5.69 Å². The normalized spacial score (nSPS) is 10.3. The summed E-state index contributed by atoms with van der Waals surface area (Å²) in [6.45, 7) is 4.09. The average molecular weight is 218 g/mol. The van der Waals surface area contributed by atoms with Crippen molar-refractivity contribution in [2.75, 3.05) is 0 Å². The van der Waals surface area contributed by atoms with Gasteiger partial charge in [-0.2, -0.15) is 0 Å². The number of rotatable bonds is 1. The summed E-state index contributed by atoms with van der Waals surface area (Å²) in [4.78, 5) is 4.31. The van der Waals surface area contributed by atoms with Crippen LogP contribution in [0.15, 0.2) is 36.4 Å². The van der Waals surface area contributed by atoms with Gasteiger partial charge < -0.3 is 0 Å². The molecule has 1 nitrogen and oxygen atoms in total. The Morgan fingerprint density at radius 2 is 1.80 bits per heavy atom. The summed E-state index contributed by atoms with van der Waals surface area (Å²) in [6.07, 6.45) is 0. The maximum Gasteiger partial charge on any atom is 0.130 e. The van der Waals surface area contributed by atoms with E-state index >= 15 is 0 Å². The van der Waals surface area contributed by atoms with E-state index in [1.54, 1.807) is 0 Å². The first-order valence-corrected chi connectivity index (χ1v) is 5.24. The summed E-state index contributed by atoms with van der Waals surface area (Å²) >= 11 is 5.93. The van der Waals surface area contributed by atoms with Crippen molar-refractivity contribution in [2.45, 2.75) is 13.8 Å². The molecule has 2 aromatic rings. The molecule has 0 amide bonds. The van der Waals surface area contributed by atoms with Crippen molar-refractivity contribution in [3.63, 3.8) is 0 Å². The zero-order chi connectivity index (χ0) is 10.8. The lowest BCUT2D eigenvalue weighted by atomic mass is 10.1. The van der Waals surface area contributed by atoms with Crippen LogP contribution in [0.4, 0.5) is 0 Å². The summed E-state index contributed by atoms with van der Waals surface area (Å²) in [5.41, 5.74) is 4.41. The molecule has 0 radical (unpaired) electrons. The van der Waals surface area contributed by atoms with Crippen LogP contribution in [0, 0.1) is 13.8 Å². The Hall–Kier alpha value is -1.34. The second-order valence-electron chi connectivity index (χ2n) is 3.72. The molecular formula is C13H12ClN. The van der Waals surface area contributed by atoms with E-state index < -0.39 is 0 Å². The highest BCUT2D eigenvalue weighted by Gasteiger charge is 2.01. The van der Waals surface area contributed by atoms with Gasteiger partial charge >= 0.3 is 0 Å². The van der Waals surface area contributed by atoms with Gasteiger partial charge in [0.15, 0.2) is 0 Å². The Labute approximate surface area is 94.7 Å². The Bertz CT molecular complexity index is 471. The molecule has 0 saturated carbocycles. The van der Waals surface area contributed by atoms with Crippen LogP contribution >= 0.6 is 11.6 Å². The predicted molar refractivity (Wildman–Crippen MR) is 64.2 cm³/mol. The number of nitrogens with zero attached hydrogens (tertiary/aromatic N) is 1. The van der Waals surface area contributed by atoms with Crippen LogP contribution < -0.4 is 0 Å². The summed E-state index contributed by atoms with van der Waals surface area (Å²) in [7, 11) is 0. The minimum absolute atomic E-state index is 0.548. The fourth-order valence-corrected chi connectivity index (χ4v) is 1.84. The van der Waals surface area contributed by atoms with E-state index in [1.807, 2.05) is 31.2 Å². The predicted octanol–water partition coefficient (Wildman–Crippen LogP) is 4.02. The largest absolute Gasteiger partial charge is 0.236 e. The summed E-state index contributed by atoms with van der Waals surface area (Å²) in [5, 5.41) is 0.548. The topological polar surface area (TPSA) is 12.9 Å². The Kier molecular flexibility index (Phi) is 2.74. The first kappa shape index (κ1) is 10.2. The van der Waals surface area contributed by atoms with E-state index in [1.165, 1.54) is 5.56 Å². The van der Waals surface area contributed by atoms with Gasteiger partial charge in [0.25, 0.3) is 0 Å². The van der Waals surface area contributed by atoms with Gasteiger partial charge in [0, 0.05) is 5.56 Å². The van der Waals surface area contributed by atoms with Gasteiger partial charge in [-0.15, -0.1) is 0 Å². The maximum absolute atomic E-state index is 5.93. The van der Waals surface area contributed by atoms with Crippen LogP contribution in [0.25, 0.3) is 11.3 Å². The molecule has 2 heteroatoms. The van der Waals surface area contributed by atoms with Crippen LogP contribution in [-0.4, -0.2) is 4.98 Å². The molecule has 0 N–H and O–H groups in total. The molecule has 1 aromatic heterocycles. The molecule has 0 spiro atoms. The fourth-order valence-electron chi connectivity index (χ4n) is 1.58. The quantitative estimate of drug-likeness (QED) is 0.658. The molecule has 0 unspecified atom stereocenters. The van der Waals surface area contributed by atoms with E-state index in [2.05, 4.69) is 24.0 Å². The van der Waals surface area contributed by atoms with E-state index in [0.717, 1.165) is 16.8 Å². The number of aromatic nitrogens is 1. The molecular weight excluding hydrogens is 206 g/mol. The van der Waals surface area contributed by atoms with Crippen LogP contribution in [0.1, 0.15) is 11.1 Å². The number of aryl methyl sites for hydroxylation is 2. The zero-order valence-corrected chi connectivity index (χ0v) is 9.55. The van der Waals surface area contributed by atoms with Crippen LogP contribution in [0.2, 0.25) is 5.15 Å². The van der Waals surface area contributed by atoms with Crippen molar-refractivity contribution in [3.05, 3.63) is 52.7 Å². The van der Waals surface area contributed by atoms with Crippen molar-refractivity contribution in [2.24, 2.45) is 0 Å². The third kappa shape index (κ3) is 2.37. The zero-order valence-electron chi connectivity index (χ0n) is 8.79. The maximum atomic E-state index is 5.93. The van der Waals surface area contributed by atoms with Crippen LogP contribution in [-0.2, 0) is 0 Å². The lowest BCUT2D eigenvalue weighted by Gasteiger charge is -2.04. The van der Waals surface area contributed by atoms with Gasteiger partial charge in [-0.1, -0.05) is 35.4 Å². The molecule has 1 aromatic carbocycles. The monoisotopic (exact) mass is 217 g/mol. The highest BCUT2D eigenvalue weighted by Crippen LogP contribution is 2.21. The highest BCUT2D eigenvalue weighted by molar-refractivity contribution is 6.29. The number of hydrogen-bond acceptors (Lipinski definition) is 1. The van der Waals surface area contributed by atoms with Gasteiger partial charge in [0.2, 0.25) is 0 Å². The molecule has 15 heavy (non-hydrogen) atoms. The molecule has 0 aliphatic carbocycles. The second-order valence-corrected chi connectivity index (χ2v) is 4.11. The Morgan fingerprint density at radius 1 is 1.00 bits per heavy atom. The fraction of sp³-hybridized carbons (Fsp3) is 0.154. The number of pyridine rings is 1. The second kappa shape index (κ2) is 4.03. The third-order valence-corrected chi connectivity index (χ3v) is 2.45. The van der Waals surface area contributed by atoms with Gasteiger partial charge in [0.1, 0.15) is 5.15 Å². The third-order valence-electron chi connectivity index (χ3n) is 2.25. The Morgan fingerprint density at radius 3 is 2.47 bits per heavy atom. The van der Waals surface area contributed by atoms with E-state index in [4.69, 9.17) is 11.6 Å². The van der Waals surface area contributed by atoms with Gasteiger partial charge in [-0.05, 0) is 37.6 Å². The van der Waals surface area contributed by atoms with Gasteiger partial charge in [-0.3, -0.25) is 0 Å². The molecule has 0 fully saturated rings. The lowest BCUT2D eigenvalue weighted by Crippen LogP contribution is -1.86. The minimum Gasteiger partial charge on any atom is -0.236 e. The molecule has 0 atom stereocenters. The van der Waals surface area contributed by atoms with Crippen molar-refractivity contribution < 1.29 is 0 Å². The van der Waals surface area contributed by atoms with Crippen LogP contribution in [0.5, 0.6) is 0 Å². The van der Waals surface area contributed by atoms with E-state index in [-0.39, 0.29) is 0 Å². The number of benzene rings is 1. The molecule has 1 heterocycles. The molecule has 0 bridgehead atoms. The van der Waals surface area contributed by atoms with Crippen molar-refractivity contribution in [3.8, 4) is 11.3 Å². The summed E-state index contributed by atoms with van der Waals surface area (Å²) in [5.74, 6) is 0. The summed E-state index contributed by atoms with van der Waals surface area (Å²) in [6, 6.07) is 12.2. The van der Waals surface area contributed by atoms with Crippen LogP contribution in [0.3, 0.4) is 0 Å². The van der Waals surface area contributed by atoms with E-state index in [0.29, 0.717) is 5.15 Å². The molecule has 76 valence electrons. The standard InChI is InChI=1S/C13H12ClN/c1-9-4-3-5-11(6-9)12-7-10(2)8-13(14)15-12/h3-8H,1-2H3. The first-order chi connectivity index (χ1) is 7.15.